The molecule has 0 aromatic heterocycles. The molecule has 1 N–H and O–H groups in total. The number of rotatable bonds is 5. The van der Waals surface area contributed by atoms with Crippen molar-refractivity contribution in [3.63, 3.8) is 0 Å². The highest BCUT2D eigenvalue weighted by atomic mass is 16.2. The maximum absolute atomic E-state index is 14.0. The number of benzene rings is 6. The predicted molar refractivity (Wildman–Crippen MR) is 202 cm³/mol. The number of anilines is 3. The molecule has 0 fully saturated rings. The first-order valence-electron chi connectivity index (χ1n) is 16.5. The van der Waals surface area contributed by atoms with E-state index in [0.717, 1.165) is 26.5 Å². The van der Waals surface area contributed by atoms with Gasteiger partial charge < -0.3 is 5.32 Å². The Kier molecular flexibility index (Phi) is 8.04. The Balaban J connectivity index is 1.18. The van der Waals surface area contributed by atoms with Crippen molar-refractivity contribution in [1.82, 2.24) is 0 Å². The molecule has 0 atom stereocenters. The second kappa shape index (κ2) is 13.1. The zero-order chi connectivity index (χ0) is 36.6. The number of fused-ring (bicyclic) bond motifs is 2. The van der Waals surface area contributed by atoms with Crippen LogP contribution in [0.1, 0.15) is 68.5 Å². The van der Waals surface area contributed by atoms with Crippen molar-refractivity contribution in [2.24, 2.45) is 0 Å². The third-order valence-corrected chi connectivity index (χ3v) is 9.00. The van der Waals surface area contributed by atoms with E-state index in [-0.39, 0.29) is 39.2 Å². The molecule has 6 aromatic rings. The van der Waals surface area contributed by atoms with E-state index >= 15 is 0 Å². The second-order valence-corrected chi connectivity index (χ2v) is 12.3. The summed E-state index contributed by atoms with van der Waals surface area (Å²) in [4.78, 5) is 71.3. The summed E-state index contributed by atoms with van der Waals surface area (Å²) in [6, 6.07) is 39.3. The fourth-order valence-corrected chi connectivity index (χ4v) is 6.34. The van der Waals surface area contributed by atoms with Crippen molar-refractivity contribution in [3.8, 4) is 35.3 Å². The van der Waals surface area contributed by atoms with Crippen LogP contribution in [0.2, 0.25) is 0 Å². The quantitative estimate of drug-likeness (QED) is 0.149. The molecule has 8 nitrogen and oxygen atoms in total. The first-order valence-corrected chi connectivity index (χ1v) is 16.5. The van der Waals surface area contributed by atoms with Gasteiger partial charge in [-0.15, -0.1) is 6.42 Å². The minimum Gasteiger partial charge on any atom is -0.322 e. The minimum atomic E-state index is -0.642. The molecule has 0 saturated heterocycles. The first kappa shape index (κ1) is 32.4. The van der Waals surface area contributed by atoms with Gasteiger partial charge >= 0.3 is 0 Å². The summed E-state index contributed by atoms with van der Waals surface area (Å²) >= 11 is 0. The Morgan fingerprint density at radius 3 is 1.64 bits per heavy atom. The molecule has 250 valence electrons. The summed E-state index contributed by atoms with van der Waals surface area (Å²) in [6.45, 7) is 0. The summed E-state index contributed by atoms with van der Waals surface area (Å²) in [6.07, 6.45) is 5.48. The molecule has 0 bridgehead atoms. The van der Waals surface area contributed by atoms with Gasteiger partial charge in [-0.2, -0.15) is 0 Å². The molecular weight excluding hydrogens is 663 g/mol. The highest BCUT2D eigenvalue weighted by molar-refractivity contribution is 6.36. The van der Waals surface area contributed by atoms with Crippen LogP contribution in [0.5, 0.6) is 0 Å². The number of amides is 5. The second-order valence-electron chi connectivity index (χ2n) is 12.3. The van der Waals surface area contributed by atoms with Gasteiger partial charge in [0.2, 0.25) is 0 Å². The molecule has 6 aromatic carbocycles. The number of hydrogen-bond donors (Lipinski definition) is 1. The zero-order valence-electron chi connectivity index (χ0n) is 27.8. The van der Waals surface area contributed by atoms with E-state index in [2.05, 4.69) is 23.1 Å². The summed E-state index contributed by atoms with van der Waals surface area (Å²) in [7, 11) is 0. The third kappa shape index (κ3) is 5.93. The maximum Gasteiger partial charge on any atom is 0.266 e. The molecule has 0 spiro atoms. The molecule has 2 aliphatic rings. The lowest BCUT2D eigenvalue weighted by Gasteiger charge is -2.20. The Bertz CT molecular complexity index is 2650. The Morgan fingerprint density at radius 1 is 0.491 bits per heavy atom. The molecule has 5 amide bonds. The highest BCUT2D eigenvalue weighted by Gasteiger charge is 2.40. The normalized spacial score (nSPS) is 12.9. The monoisotopic (exact) mass is 687 g/mol. The number of carbonyl (C=O) groups is 5. The van der Waals surface area contributed by atoms with Crippen molar-refractivity contribution >= 4 is 46.6 Å². The molecule has 53 heavy (non-hydrogen) atoms. The average molecular weight is 688 g/mol. The van der Waals surface area contributed by atoms with Crippen LogP contribution in [0, 0.1) is 24.2 Å². The lowest BCUT2D eigenvalue weighted by atomic mass is 10.0. The summed E-state index contributed by atoms with van der Waals surface area (Å²) in [5, 5.41) is 2.79. The lowest BCUT2D eigenvalue weighted by molar-refractivity contribution is 0.0912. The van der Waals surface area contributed by atoms with Crippen molar-refractivity contribution in [1.29, 1.82) is 0 Å². The topological polar surface area (TPSA) is 104 Å². The third-order valence-electron chi connectivity index (χ3n) is 9.00. The van der Waals surface area contributed by atoms with Crippen LogP contribution in [-0.4, -0.2) is 29.5 Å². The Morgan fingerprint density at radius 2 is 1.02 bits per heavy atom. The molecular formula is C45H25N3O5. The predicted octanol–water partition coefficient (Wildman–Crippen LogP) is 7.59. The van der Waals surface area contributed by atoms with Crippen LogP contribution in [0.15, 0.2) is 140 Å². The number of nitrogens with zero attached hydrogens (tertiary/aromatic N) is 2. The molecule has 8 rings (SSSR count). The van der Waals surface area contributed by atoms with Crippen LogP contribution < -0.4 is 15.1 Å². The molecule has 0 unspecified atom stereocenters. The Hall–Kier alpha value is -7.81. The minimum absolute atomic E-state index is 0.0000184. The highest BCUT2D eigenvalue weighted by Crippen LogP contribution is 2.37. The van der Waals surface area contributed by atoms with Gasteiger partial charge in [0.25, 0.3) is 29.5 Å². The van der Waals surface area contributed by atoms with E-state index in [1.807, 2.05) is 60.7 Å². The fraction of sp³-hybridized carbons (Fsp3) is 0. The summed E-state index contributed by atoms with van der Waals surface area (Å²) < 4.78 is 0. The summed E-state index contributed by atoms with van der Waals surface area (Å²) in [5.41, 5.74) is 4.63. The van der Waals surface area contributed by atoms with Gasteiger partial charge in [-0.3, -0.25) is 24.0 Å². The smallest absolute Gasteiger partial charge is 0.266 e. The van der Waals surface area contributed by atoms with Crippen LogP contribution >= 0.6 is 0 Å². The lowest BCUT2D eigenvalue weighted by Crippen LogP contribution is -2.32. The standard InChI is InChI=1S/C45H25N3O5/c1-2-28-15-19-34(20-16-28)46-41(49)33-24-35(47-42(50)37-21-17-30(23-39(37)44(47)52)14-13-29-9-5-3-6-10-29)27-36(25-33)48-43(51)38-22-18-32(26-40(38)45(48)53)31-11-7-4-8-12-31/h1,3-12,15-27H,(H,46,49). The zero-order valence-corrected chi connectivity index (χ0v) is 27.8. The van der Waals surface area contributed by atoms with E-state index in [0.29, 0.717) is 16.8 Å². The molecule has 0 saturated carbocycles. The average Bonchev–Trinajstić information content (AvgIpc) is 3.60. The van der Waals surface area contributed by atoms with E-state index in [4.69, 9.17) is 6.42 Å². The number of carbonyl (C=O) groups excluding carboxylic acids is 5. The number of imide groups is 2. The van der Waals surface area contributed by atoms with Gasteiger partial charge in [-0.1, -0.05) is 72.4 Å². The van der Waals surface area contributed by atoms with Crippen molar-refractivity contribution in [2.45, 2.75) is 0 Å². The molecule has 8 heteroatoms. The van der Waals surface area contributed by atoms with Gasteiger partial charge in [0.05, 0.1) is 33.6 Å². The van der Waals surface area contributed by atoms with E-state index in [1.165, 1.54) is 24.3 Å². The van der Waals surface area contributed by atoms with Gasteiger partial charge in [-0.25, -0.2) is 9.80 Å². The molecule has 2 heterocycles. The number of nitrogens with one attached hydrogen (secondary N) is 1. The first-order chi connectivity index (χ1) is 25.8. The van der Waals surface area contributed by atoms with Gasteiger partial charge in [0, 0.05) is 27.9 Å². The van der Waals surface area contributed by atoms with Crippen molar-refractivity contribution in [2.75, 3.05) is 15.1 Å². The van der Waals surface area contributed by atoms with E-state index in [1.54, 1.807) is 54.6 Å². The SMILES string of the molecule is C#Cc1ccc(NC(=O)c2cc(N3C(=O)c4ccc(C#Cc5ccccc5)cc4C3=O)cc(N3C(=O)c4ccc(-c5ccccc5)cc4C3=O)c2)cc1. The van der Waals surface area contributed by atoms with Gasteiger partial charge in [-0.05, 0) is 96.1 Å². The van der Waals surface area contributed by atoms with Crippen LogP contribution in [0.4, 0.5) is 17.1 Å². The number of terminal acetylenes is 1. The van der Waals surface area contributed by atoms with Gasteiger partial charge in [0.1, 0.15) is 0 Å². The van der Waals surface area contributed by atoms with E-state index in [9.17, 15) is 24.0 Å². The number of hydrogen-bond acceptors (Lipinski definition) is 5. The summed E-state index contributed by atoms with van der Waals surface area (Å²) in [5.74, 6) is 5.51. The molecule has 2 aliphatic heterocycles. The van der Waals surface area contributed by atoms with Crippen LogP contribution in [0.25, 0.3) is 11.1 Å². The Labute approximate surface area is 304 Å². The largest absolute Gasteiger partial charge is 0.322 e. The fourth-order valence-electron chi connectivity index (χ4n) is 6.34. The van der Waals surface area contributed by atoms with Crippen LogP contribution in [-0.2, 0) is 0 Å². The maximum atomic E-state index is 14.0. The molecule has 0 aliphatic carbocycles. The van der Waals surface area contributed by atoms with Gasteiger partial charge in [0.15, 0.2) is 0 Å². The van der Waals surface area contributed by atoms with Crippen molar-refractivity contribution in [3.05, 3.63) is 184 Å². The van der Waals surface area contributed by atoms with Crippen molar-refractivity contribution < 1.29 is 24.0 Å². The van der Waals surface area contributed by atoms with Crippen LogP contribution in [0.3, 0.4) is 0 Å². The molecule has 0 radical (unpaired) electrons. The van der Waals surface area contributed by atoms with E-state index < -0.39 is 29.5 Å².